The second-order valence-corrected chi connectivity index (χ2v) is 13.7. The standard InChI is InChI=1S/C31H41F2N9O4/c1-31(2,3)46-30(44)39-12-10-38(11-13-39)19-4-6-20(7-5-19)42-17-24(26(37-42)27(32)33)35-29(43)23-15-34-41-9-8-25(36-28(23)41)40-16-22-14-21(40)18-45-22/h8-9,15,17,19-22,27H,4-7,10-14,16,18H2,1-3H3,(H,35,43)/t19?,20?,21-,22-/m1/s1. The highest BCUT2D eigenvalue weighted by Gasteiger charge is 2.40. The molecule has 3 aromatic heterocycles. The molecule has 7 rings (SSSR count). The van der Waals surface area contributed by atoms with Crippen molar-refractivity contribution in [3.8, 4) is 0 Å². The van der Waals surface area contributed by atoms with E-state index in [1.807, 2.05) is 26.8 Å². The van der Waals surface area contributed by atoms with Crippen LogP contribution in [0.3, 0.4) is 0 Å². The van der Waals surface area contributed by atoms with Crippen LogP contribution in [0.1, 0.15) is 81.4 Å². The number of carbonyl (C=O) groups excluding carboxylic acids is 2. The van der Waals surface area contributed by atoms with E-state index in [1.165, 1.54) is 16.9 Å². The van der Waals surface area contributed by atoms with Crippen molar-refractivity contribution >= 4 is 29.2 Å². The number of halogens is 2. The third-order valence-electron chi connectivity index (χ3n) is 9.53. The van der Waals surface area contributed by atoms with Crippen LogP contribution in [0.5, 0.6) is 0 Å². The first-order chi connectivity index (χ1) is 22.0. The SMILES string of the molecule is CC(C)(C)OC(=O)N1CCN(C2CCC(n3cc(NC(=O)c4cnn5ccc(N6C[C@H]7C[C@@H]6CO7)nc45)c(C(F)F)n3)CC2)CC1. The van der Waals surface area contributed by atoms with Crippen molar-refractivity contribution in [2.24, 2.45) is 0 Å². The molecule has 2 bridgehead atoms. The number of amides is 2. The maximum Gasteiger partial charge on any atom is 0.410 e. The number of carbonyl (C=O) groups is 2. The molecule has 3 aromatic rings. The Bertz CT molecular complexity index is 1590. The van der Waals surface area contributed by atoms with Crippen molar-refractivity contribution in [3.05, 3.63) is 35.9 Å². The molecule has 1 saturated carbocycles. The van der Waals surface area contributed by atoms with Crippen LogP contribution in [-0.4, -0.2) is 109 Å². The molecule has 6 heterocycles. The number of hydrogen-bond donors (Lipinski definition) is 1. The zero-order chi connectivity index (χ0) is 32.2. The molecular formula is C31H41F2N9O4. The first-order valence-electron chi connectivity index (χ1n) is 16.2. The second-order valence-electron chi connectivity index (χ2n) is 13.7. The lowest BCUT2D eigenvalue weighted by Crippen LogP contribution is -2.53. The number of rotatable bonds is 6. The van der Waals surface area contributed by atoms with E-state index in [-0.39, 0.29) is 35.5 Å². The fraction of sp³-hybridized carbons (Fsp3) is 0.645. The largest absolute Gasteiger partial charge is 0.444 e. The quantitative estimate of drug-likeness (QED) is 0.424. The van der Waals surface area contributed by atoms with Crippen molar-refractivity contribution in [2.45, 2.75) is 89.1 Å². The Morgan fingerprint density at radius 1 is 1.07 bits per heavy atom. The average molecular weight is 642 g/mol. The van der Waals surface area contributed by atoms with E-state index in [2.05, 4.69) is 25.3 Å². The number of aromatic nitrogens is 5. The summed E-state index contributed by atoms with van der Waals surface area (Å²) in [6, 6.07) is 2.42. The molecule has 4 aliphatic rings. The maximum absolute atomic E-state index is 14.1. The van der Waals surface area contributed by atoms with E-state index in [0.717, 1.165) is 57.6 Å². The predicted octanol–water partition coefficient (Wildman–Crippen LogP) is 4.13. The van der Waals surface area contributed by atoms with Gasteiger partial charge in [0.15, 0.2) is 11.3 Å². The molecule has 0 radical (unpaired) electrons. The predicted molar refractivity (Wildman–Crippen MR) is 164 cm³/mol. The fourth-order valence-electron chi connectivity index (χ4n) is 7.18. The number of anilines is 2. The van der Waals surface area contributed by atoms with Crippen molar-refractivity contribution < 1.29 is 27.8 Å². The molecule has 0 spiro atoms. The summed E-state index contributed by atoms with van der Waals surface area (Å²) in [5, 5.41) is 11.2. The normalized spacial score (nSPS) is 25.5. The molecule has 13 nitrogen and oxygen atoms in total. The molecule has 3 saturated heterocycles. The summed E-state index contributed by atoms with van der Waals surface area (Å²) < 4.78 is 42.6. The van der Waals surface area contributed by atoms with Gasteiger partial charge in [0.2, 0.25) is 0 Å². The van der Waals surface area contributed by atoms with Crippen LogP contribution in [0.15, 0.2) is 24.7 Å². The average Bonchev–Trinajstić information content (AvgIpc) is 3.84. The first-order valence-corrected chi connectivity index (χ1v) is 16.2. The van der Waals surface area contributed by atoms with Gasteiger partial charge < -0.3 is 24.6 Å². The smallest absolute Gasteiger partial charge is 0.410 e. The van der Waals surface area contributed by atoms with Crippen LogP contribution in [0.25, 0.3) is 5.65 Å². The molecule has 0 unspecified atom stereocenters. The number of ether oxygens (including phenoxy) is 2. The van der Waals surface area contributed by atoms with E-state index in [0.29, 0.717) is 31.4 Å². The minimum absolute atomic E-state index is 0.00936. The van der Waals surface area contributed by atoms with Crippen molar-refractivity contribution in [1.29, 1.82) is 0 Å². The molecular weight excluding hydrogens is 600 g/mol. The minimum atomic E-state index is -2.85. The molecule has 1 aliphatic carbocycles. The zero-order valence-electron chi connectivity index (χ0n) is 26.4. The van der Waals surface area contributed by atoms with Gasteiger partial charge in [-0.2, -0.15) is 10.2 Å². The van der Waals surface area contributed by atoms with Gasteiger partial charge >= 0.3 is 6.09 Å². The van der Waals surface area contributed by atoms with Crippen LogP contribution < -0.4 is 10.2 Å². The number of fused-ring (bicyclic) bond motifs is 3. The van der Waals surface area contributed by atoms with Crippen molar-refractivity contribution in [3.63, 3.8) is 0 Å². The summed E-state index contributed by atoms with van der Waals surface area (Å²) in [5.74, 6) is 0.168. The van der Waals surface area contributed by atoms with Gasteiger partial charge in [0.1, 0.15) is 17.0 Å². The van der Waals surface area contributed by atoms with Gasteiger partial charge in [0.05, 0.1) is 36.7 Å². The summed E-state index contributed by atoms with van der Waals surface area (Å²) >= 11 is 0. The van der Waals surface area contributed by atoms with Gasteiger partial charge in [0, 0.05) is 51.2 Å². The molecule has 248 valence electrons. The highest BCUT2D eigenvalue weighted by molar-refractivity contribution is 6.08. The Morgan fingerprint density at radius 2 is 1.80 bits per heavy atom. The molecule has 46 heavy (non-hydrogen) atoms. The molecule has 15 heteroatoms. The lowest BCUT2D eigenvalue weighted by Gasteiger charge is -2.42. The fourth-order valence-corrected chi connectivity index (χ4v) is 7.18. The number of piperazine rings is 1. The van der Waals surface area contributed by atoms with Gasteiger partial charge in [-0.15, -0.1) is 0 Å². The summed E-state index contributed by atoms with van der Waals surface area (Å²) in [6.07, 6.45) is 6.03. The van der Waals surface area contributed by atoms with Gasteiger partial charge in [-0.1, -0.05) is 0 Å². The lowest BCUT2D eigenvalue weighted by molar-refractivity contribution is 0.00720. The molecule has 2 amide bonds. The molecule has 4 fully saturated rings. The van der Waals surface area contributed by atoms with E-state index in [1.54, 1.807) is 15.8 Å². The summed E-state index contributed by atoms with van der Waals surface area (Å²) in [7, 11) is 0. The topological polar surface area (TPSA) is 122 Å². The van der Waals surface area contributed by atoms with Gasteiger partial charge in [0.25, 0.3) is 12.3 Å². The van der Waals surface area contributed by atoms with Crippen LogP contribution in [0.4, 0.5) is 25.1 Å². The monoisotopic (exact) mass is 641 g/mol. The molecule has 0 aromatic carbocycles. The van der Waals surface area contributed by atoms with Gasteiger partial charge in [-0.25, -0.2) is 23.1 Å². The van der Waals surface area contributed by atoms with E-state index in [9.17, 15) is 18.4 Å². The summed E-state index contributed by atoms with van der Waals surface area (Å²) in [6.45, 7) is 9.77. The van der Waals surface area contributed by atoms with E-state index in [4.69, 9.17) is 14.5 Å². The first kappa shape index (κ1) is 30.8. The highest BCUT2D eigenvalue weighted by Crippen LogP contribution is 2.35. The third-order valence-corrected chi connectivity index (χ3v) is 9.53. The van der Waals surface area contributed by atoms with Crippen LogP contribution in [0.2, 0.25) is 0 Å². The van der Waals surface area contributed by atoms with Crippen molar-refractivity contribution in [2.75, 3.05) is 49.5 Å². The highest BCUT2D eigenvalue weighted by atomic mass is 19.3. The van der Waals surface area contributed by atoms with Crippen LogP contribution in [-0.2, 0) is 9.47 Å². The number of nitrogens with zero attached hydrogens (tertiary/aromatic N) is 8. The summed E-state index contributed by atoms with van der Waals surface area (Å²) in [5.41, 5.74) is -0.431. The Labute approximate surface area is 265 Å². The number of hydrogen-bond acceptors (Lipinski definition) is 9. The minimum Gasteiger partial charge on any atom is -0.444 e. The second kappa shape index (κ2) is 12.1. The van der Waals surface area contributed by atoms with E-state index >= 15 is 0 Å². The molecule has 3 aliphatic heterocycles. The van der Waals surface area contributed by atoms with Crippen LogP contribution in [0, 0.1) is 0 Å². The Kier molecular flexibility index (Phi) is 8.07. The van der Waals surface area contributed by atoms with Crippen LogP contribution >= 0.6 is 0 Å². The number of nitrogens with one attached hydrogen (secondary N) is 1. The zero-order valence-corrected chi connectivity index (χ0v) is 26.4. The van der Waals surface area contributed by atoms with Crippen molar-refractivity contribution in [1.82, 2.24) is 34.2 Å². The Morgan fingerprint density at radius 3 is 2.46 bits per heavy atom. The molecule has 2 atom stereocenters. The maximum atomic E-state index is 14.1. The lowest BCUT2D eigenvalue weighted by atomic mass is 9.90. The number of morpholine rings is 1. The summed E-state index contributed by atoms with van der Waals surface area (Å²) in [4.78, 5) is 36.9. The van der Waals surface area contributed by atoms with E-state index < -0.39 is 23.6 Å². The third kappa shape index (κ3) is 6.14. The Hall–Kier alpha value is -3.85. The van der Waals surface area contributed by atoms with Gasteiger partial charge in [-0.3, -0.25) is 14.4 Å². The van der Waals surface area contributed by atoms with Gasteiger partial charge in [-0.05, 0) is 58.9 Å². The molecule has 1 N–H and O–H groups in total. The Balaban J connectivity index is 0.984. The number of alkyl halides is 2.